The van der Waals surface area contributed by atoms with Gasteiger partial charge in [-0.2, -0.15) is 0 Å². The summed E-state index contributed by atoms with van der Waals surface area (Å²) >= 11 is 0. The van der Waals surface area contributed by atoms with Gasteiger partial charge in [0.25, 0.3) is 0 Å². The van der Waals surface area contributed by atoms with Crippen LogP contribution in [0.15, 0.2) is 12.1 Å². The topological polar surface area (TPSA) is 64.8 Å². The van der Waals surface area contributed by atoms with Crippen LogP contribution in [0.1, 0.15) is 27.7 Å². The summed E-state index contributed by atoms with van der Waals surface area (Å²) in [6, 6.07) is 2.29. The molecule has 1 aliphatic heterocycles. The van der Waals surface area contributed by atoms with E-state index >= 15 is 0 Å². The second-order valence-corrected chi connectivity index (χ2v) is 6.71. The van der Waals surface area contributed by atoms with E-state index in [9.17, 15) is 14.5 Å². The lowest BCUT2D eigenvalue weighted by molar-refractivity contribution is -0.385. The van der Waals surface area contributed by atoms with Crippen LogP contribution >= 0.6 is 0 Å². The Balaban J connectivity index is 2.46. The van der Waals surface area contributed by atoms with Crippen LogP contribution in [0.2, 0.25) is 0 Å². The molecular formula is C15H21FN2O4. The SMILES string of the molecule is COc1cc(N2CC(C)(C)OC(C)(C)C2)c(F)cc1[N+](=O)[O-]. The maximum absolute atomic E-state index is 14.4. The van der Waals surface area contributed by atoms with Crippen molar-refractivity contribution in [2.45, 2.75) is 38.9 Å². The van der Waals surface area contributed by atoms with Gasteiger partial charge in [-0.1, -0.05) is 0 Å². The van der Waals surface area contributed by atoms with Gasteiger partial charge in [-0.25, -0.2) is 4.39 Å². The molecule has 0 aliphatic carbocycles. The second kappa shape index (κ2) is 5.39. The lowest BCUT2D eigenvalue weighted by Crippen LogP contribution is -2.57. The molecule has 0 atom stereocenters. The number of nitro groups is 1. The maximum atomic E-state index is 14.4. The third kappa shape index (κ3) is 3.30. The highest BCUT2D eigenvalue weighted by molar-refractivity contribution is 5.61. The summed E-state index contributed by atoms with van der Waals surface area (Å²) in [6.45, 7) is 8.69. The first-order valence-electron chi connectivity index (χ1n) is 7.02. The zero-order valence-corrected chi connectivity index (χ0v) is 13.5. The van der Waals surface area contributed by atoms with E-state index < -0.39 is 21.9 Å². The van der Waals surface area contributed by atoms with Gasteiger partial charge in [-0.05, 0) is 27.7 Å². The Hall–Kier alpha value is -1.89. The third-order valence-corrected chi connectivity index (χ3v) is 3.48. The first kappa shape index (κ1) is 16.5. The highest BCUT2D eigenvalue weighted by atomic mass is 19.1. The molecule has 0 N–H and O–H groups in total. The van der Waals surface area contributed by atoms with Crippen molar-refractivity contribution in [3.8, 4) is 5.75 Å². The van der Waals surface area contributed by atoms with E-state index in [-0.39, 0.29) is 17.1 Å². The van der Waals surface area contributed by atoms with E-state index in [4.69, 9.17) is 9.47 Å². The molecule has 1 heterocycles. The summed E-state index contributed by atoms with van der Waals surface area (Å²) < 4.78 is 25.4. The van der Waals surface area contributed by atoms with Crippen LogP contribution in [0.5, 0.6) is 5.75 Å². The molecule has 0 bridgehead atoms. The first-order chi connectivity index (χ1) is 10.0. The number of anilines is 1. The van der Waals surface area contributed by atoms with Crippen molar-refractivity contribution in [3.63, 3.8) is 0 Å². The highest BCUT2D eigenvalue weighted by Crippen LogP contribution is 2.37. The molecule has 1 aromatic carbocycles. The van der Waals surface area contributed by atoms with Crippen LogP contribution in [-0.2, 0) is 4.74 Å². The minimum atomic E-state index is -0.654. The van der Waals surface area contributed by atoms with Gasteiger partial charge in [0.15, 0.2) is 11.6 Å². The molecular weight excluding hydrogens is 291 g/mol. The molecule has 1 saturated heterocycles. The van der Waals surface area contributed by atoms with Gasteiger partial charge in [0.2, 0.25) is 0 Å². The van der Waals surface area contributed by atoms with Crippen molar-refractivity contribution < 1.29 is 18.8 Å². The van der Waals surface area contributed by atoms with Crippen LogP contribution < -0.4 is 9.64 Å². The van der Waals surface area contributed by atoms with Crippen molar-refractivity contribution in [3.05, 3.63) is 28.1 Å². The Labute approximate surface area is 129 Å². The van der Waals surface area contributed by atoms with Crippen molar-refractivity contribution in [1.82, 2.24) is 0 Å². The number of ether oxygens (including phenoxy) is 2. The first-order valence-corrected chi connectivity index (χ1v) is 7.02. The fraction of sp³-hybridized carbons (Fsp3) is 0.600. The fourth-order valence-electron chi connectivity index (χ4n) is 3.04. The average molecular weight is 312 g/mol. The van der Waals surface area contributed by atoms with E-state index in [1.165, 1.54) is 13.2 Å². The van der Waals surface area contributed by atoms with Crippen LogP contribution in [-0.4, -0.2) is 36.3 Å². The summed E-state index contributed by atoms with van der Waals surface area (Å²) in [4.78, 5) is 12.1. The largest absolute Gasteiger partial charge is 0.490 e. The monoisotopic (exact) mass is 312 g/mol. The van der Waals surface area contributed by atoms with Crippen molar-refractivity contribution in [1.29, 1.82) is 0 Å². The number of nitro benzene ring substituents is 1. The van der Waals surface area contributed by atoms with Crippen molar-refractivity contribution in [2.24, 2.45) is 0 Å². The molecule has 6 nitrogen and oxygen atoms in total. The normalized spacial score (nSPS) is 19.8. The van der Waals surface area contributed by atoms with Gasteiger partial charge in [-0.3, -0.25) is 10.1 Å². The Kier molecular flexibility index (Phi) is 4.04. The van der Waals surface area contributed by atoms with Crippen molar-refractivity contribution in [2.75, 3.05) is 25.1 Å². The molecule has 0 radical (unpaired) electrons. The lowest BCUT2D eigenvalue weighted by atomic mass is 9.98. The molecule has 0 saturated carbocycles. The molecule has 1 aromatic rings. The van der Waals surface area contributed by atoms with Crippen LogP contribution in [0.25, 0.3) is 0 Å². The van der Waals surface area contributed by atoms with E-state index in [2.05, 4.69) is 0 Å². The molecule has 7 heteroatoms. The molecule has 2 rings (SSSR count). The van der Waals surface area contributed by atoms with E-state index in [0.29, 0.717) is 13.1 Å². The molecule has 0 unspecified atom stereocenters. The minimum absolute atomic E-state index is 0.0449. The average Bonchev–Trinajstić information content (AvgIpc) is 2.34. The van der Waals surface area contributed by atoms with Crippen LogP contribution in [0, 0.1) is 15.9 Å². The van der Waals surface area contributed by atoms with Gasteiger partial charge in [-0.15, -0.1) is 0 Å². The Morgan fingerprint density at radius 1 is 1.27 bits per heavy atom. The molecule has 0 amide bonds. The molecule has 1 fully saturated rings. The maximum Gasteiger partial charge on any atom is 0.313 e. The number of morpholine rings is 1. The van der Waals surface area contributed by atoms with Gasteiger partial charge in [0.1, 0.15) is 0 Å². The smallest absolute Gasteiger partial charge is 0.313 e. The Bertz CT molecular complexity index is 585. The highest BCUT2D eigenvalue weighted by Gasteiger charge is 2.39. The number of halogens is 1. The molecule has 22 heavy (non-hydrogen) atoms. The van der Waals surface area contributed by atoms with E-state index in [1.807, 2.05) is 32.6 Å². The number of nitrogens with zero attached hydrogens (tertiary/aromatic N) is 2. The van der Waals surface area contributed by atoms with Crippen LogP contribution in [0.4, 0.5) is 15.8 Å². The second-order valence-electron chi connectivity index (χ2n) is 6.71. The van der Waals surface area contributed by atoms with E-state index in [1.54, 1.807) is 0 Å². The van der Waals surface area contributed by atoms with E-state index in [0.717, 1.165) is 6.07 Å². The summed E-state index contributed by atoms with van der Waals surface area (Å²) in [7, 11) is 1.33. The zero-order chi connectivity index (χ0) is 16.7. The van der Waals surface area contributed by atoms with Gasteiger partial charge in [0, 0.05) is 19.2 Å². The lowest BCUT2D eigenvalue weighted by Gasteiger charge is -2.48. The van der Waals surface area contributed by atoms with Gasteiger partial charge >= 0.3 is 5.69 Å². The predicted molar refractivity (Wildman–Crippen MR) is 81.1 cm³/mol. The quantitative estimate of drug-likeness (QED) is 0.634. The molecule has 0 spiro atoms. The number of benzene rings is 1. The third-order valence-electron chi connectivity index (χ3n) is 3.48. The zero-order valence-electron chi connectivity index (χ0n) is 13.5. The van der Waals surface area contributed by atoms with Crippen LogP contribution in [0.3, 0.4) is 0 Å². The molecule has 122 valence electrons. The summed E-state index contributed by atoms with van der Waals surface area (Å²) in [5.41, 5.74) is -1.01. The standard InChI is InChI=1S/C15H21FN2O4/c1-14(2)8-17(9-15(3,4)22-14)11-7-13(21-5)12(18(19)20)6-10(11)16/h6-7H,8-9H2,1-5H3. The molecule has 0 aromatic heterocycles. The summed E-state index contributed by atoms with van der Waals surface area (Å²) in [5, 5.41) is 11.0. The summed E-state index contributed by atoms with van der Waals surface area (Å²) in [5.74, 6) is -0.593. The number of hydrogen-bond donors (Lipinski definition) is 0. The predicted octanol–water partition coefficient (Wildman–Crippen LogP) is 3.14. The minimum Gasteiger partial charge on any atom is -0.490 e. The fourth-order valence-corrected chi connectivity index (χ4v) is 3.04. The Morgan fingerprint density at radius 3 is 2.27 bits per heavy atom. The Morgan fingerprint density at radius 2 is 1.82 bits per heavy atom. The number of methoxy groups -OCH3 is 1. The number of hydrogen-bond acceptors (Lipinski definition) is 5. The van der Waals surface area contributed by atoms with Crippen molar-refractivity contribution >= 4 is 11.4 Å². The van der Waals surface area contributed by atoms with Gasteiger partial charge < -0.3 is 14.4 Å². The summed E-state index contributed by atoms with van der Waals surface area (Å²) in [6.07, 6.45) is 0. The molecule has 1 aliphatic rings. The van der Waals surface area contributed by atoms with Gasteiger partial charge in [0.05, 0.1) is 35.0 Å². The number of rotatable bonds is 3.